The maximum Gasteiger partial charge on any atom is 0.0994 e. The smallest absolute Gasteiger partial charge is 0.0994 e. The van der Waals surface area contributed by atoms with Gasteiger partial charge in [-0.15, -0.1) is 0 Å². The molecule has 0 heterocycles. The van der Waals surface area contributed by atoms with Crippen molar-refractivity contribution in [2.45, 2.75) is 6.92 Å². The molecule has 0 saturated carbocycles. The van der Waals surface area contributed by atoms with E-state index >= 15 is 0 Å². The van der Waals surface area contributed by atoms with E-state index in [9.17, 15) is 0 Å². The summed E-state index contributed by atoms with van der Waals surface area (Å²) in [6, 6.07) is 2.04. The molecule has 1 aliphatic rings. The van der Waals surface area contributed by atoms with Gasteiger partial charge in [-0.2, -0.15) is 5.26 Å². The molecule has 0 bridgehead atoms. The van der Waals surface area contributed by atoms with Crippen molar-refractivity contribution in [3.05, 3.63) is 23.3 Å². The molecule has 7 heavy (non-hydrogen) atoms. The fourth-order valence-corrected chi connectivity index (χ4v) is 0.459. The molecular weight excluding hydrogens is 86.1 g/mol. The number of allylic oxidation sites excluding steroid dienone is 4. The molecular formula is C6H5N. The molecule has 1 aliphatic carbocycles. The highest BCUT2D eigenvalue weighted by atomic mass is 14.3. The Hall–Kier alpha value is -1.03. The molecule has 0 amide bonds. The van der Waals surface area contributed by atoms with Gasteiger partial charge in [-0.1, -0.05) is 6.08 Å². The van der Waals surface area contributed by atoms with Crippen LogP contribution in [0.2, 0.25) is 0 Å². The molecule has 0 atom stereocenters. The number of hydrogen-bond acceptors (Lipinski definition) is 1. The van der Waals surface area contributed by atoms with E-state index in [1.54, 1.807) is 0 Å². The van der Waals surface area contributed by atoms with Gasteiger partial charge in [0.15, 0.2) is 0 Å². The van der Waals surface area contributed by atoms with E-state index in [2.05, 4.69) is 0 Å². The molecule has 0 aromatic heterocycles. The fourth-order valence-electron chi connectivity index (χ4n) is 0.459. The second-order valence-corrected chi connectivity index (χ2v) is 1.54. The minimum Gasteiger partial charge on any atom is -0.192 e. The first kappa shape index (κ1) is 4.14. The zero-order valence-electron chi connectivity index (χ0n) is 4.10. The first-order chi connectivity index (χ1) is 3.34. The summed E-state index contributed by atoms with van der Waals surface area (Å²) in [6.45, 7) is 1.93. The Morgan fingerprint density at radius 1 is 1.57 bits per heavy atom. The topological polar surface area (TPSA) is 23.8 Å². The van der Waals surface area contributed by atoms with Crippen molar-refractivity contribution in [2.24, 2.45) is 0 Å². The molecule has 0 radical (unpaired) electrons. The SMILES string of the molecule is CC1=CC=C1C#N. The summed E-state index contributed by atoms with van der Waals surface area (Å²) in [5.74, 6) is 0. The van der Waals surface area contributed by atoms with Crippen LogP contribution in [0.3, 0.4) is 0 Å². The molecule has 0 aromatic rings. The third-order valence-corrected chi connectivity index (χ3v) is 1.05. The van der Waals surface area contributed by atoms with Crippen LogP contribution in [-0.4, -0.2) is 0 Å². The average molecular weight is 91.1 g/mol. The molecule has 34 valence electrons. The second kappa shape index (κ2) is 1.23. The molecule has 1 rings (SSSR count). The van der Waals surface area contributed by atoms with Gasteiger partial charge >= 0.3 is 0 Å². The predicted octanol–water partition coefficient (Wildman–Crippen LogP) is 1.40. The van der Waals surface area contributed by atoms with Crippen LogP contribution in [0.15, 0.2) is 23.3 Å². The van der Waals surface area contributed by atoms with E-state index in [0.29, 0.717) is 0 Å². The number of hydrogen-bond donors (Lipinski definition) is 0. The summed E-state index contributed by atoms with van der Waals surface area (Å²) in [5, 5.41) is 8.20. The van der Waals surface area contributed by atoms with E-state index in [1.807, 2.05) is 25.1 Å². The number of nitriles is 1. The summed E-state index contributed by atoms with van der Waals surface area (Å²) in [4.78, 5) is 0. The van der Waals surface area contributed by atoms with Crippen LogP contribution in [-0.2, 0) is 0 Å². The lowest BCUT2D eigenvalue weighted by molar-refractivity contribution is 1.35. The van der Waals surface area contributed by atoms with E-state index in [1.165, 1.54) is 0 Å². The highest BCUT2D eigenvalue weighted by molar-refractivity contribution is 5.52. The van der Waals surface area contributed by atoms with Crippen molar-refractivity contribution < 1.29 is 0 Å². The highest BCUT2D eigenvalue weighted by Crippen LogP contribution is 2.16. The Balaban J connectivity index is 2.69. The second-order valence-electron chi connectivity index (χ2n) is 1.54. The van der Waals surface area contributed by atoms with Crippen molar-refractivity contribution in [3.63, 3.8) is 0 Å². The molecule has 1 nitrogen and oxygen atoms in total. The normalized spacial score (nSPS) is 16.0. The highest BCUT2D eigenvalue weighted by Gasteiger charge is 2.01. The first-order valence-corrected chi connectivity index (χ1v) is 2.13. The monoisotopic (exact) mass is 91.0 g/mol. The van der Waals surface area contributed by atoms with Crippen molar-refractivity contribution in [1.82, 2.24) is 0 Å². The predicted molar refractivity (Wildman–Crippen MR) is 27.5 cm³/mol. The van der Waals surface area contributed by atoms with Crippen LogP contribution >= 0.6 is 0 Å². The van der Waals surface area contributed by atoms with Crippen LogP contribution in [0.5, 0.6) is 0 Å². The Kier molecular flexibility index (Phi) is 0.729. The molecule has 0 aliphatic heterocycles. The third kappa shape index (κ3) is 0.441. The van der Waals surface area contributed by atoms with Crippen LogP contribution < -0.4 is 0 Å². The van der Waals surface area contributed by atoms with Crippen LogP contribution in [0, 0.1) is 11.3 Å². The minimum absolute atomic E-state index is 0.819. The lowest BCUT2D eigenvalue weighted by Crippen LogP contribution is -1.87. The zero-order valence-corrected chi connectivity index (χ0v) is 4.10. The number of rotatable bonds is 0. The van der Waals surface area contributed by atoms with Crippen molar-refractivity contribution in [2.75, 3.05) is 0 Å². The van der Waals surface area contributed by atoms with Gasteiger partial charge in [-0.25, -0.2) is 0 Å². The summed E-state index contributed by atoms with van der Waals surface area (Å²) in [7, 11) is 0. The van der Waals surface area contributed by atoms with E-state index < -0.39 is 0 Å². The lowest BCUT2D eigenvalue weighted by atomic mass is 10.0. The van der Waals surface area contributed by atoms with Gasteiger partial charge in [-0.05, 0) is 18.6 Å². The van der Waals surface area contributed by atoms with Crippen LogP contribution in [0.4, 0.5) is 0 Å². The zero-order chi connectivity index (χ0) is 5.28. The standard InChI is InChI=1S/C6H5N/c1-5-2-3-6(5)4-7/h2-3H,1H3. The number of nitrogens with zero attached hydrogens (tertiary/aromatic N) is 1. The molecule has 0 unspecified atom stereocenters. The lowest BCUT2D eigenvalue weighted by Gasteiger charge is -2.02. The molecule has 1 heteroatoms. The van der Waals surface area contributed by atoms with Crippen LogP contribution in [0.1, 0.15) is 6.92 Å². The largest absolute Gasteiger partial charge is 0.192 e. The van der Waals surface area contributed by atoms with Crippen molar-refractivity contribution in [1.29, 1.82) is 5.26 Å². The summed E-state index contributed by atoms with van der Waals surface area (Å²) >= 11 is 0. The Morgan fingerprint density at radius 3 is 2.29 bits per heavy atom. The maximum absolute atomic E-state index is 8.20. The van der Waals surface area contributed by atoms with Crippen molar-refractivity contribution >= 4 is 0 Å². The van der Waals surface area contributed by atoms with Gasteiger partial charge in [-0.3, -0.25) is 0 Å². The molecule has 0 fully saturated rings. The summed E-state index contributed by atoms with van der Waals surface area (Å²) < 4.78 is 0. The van der Waals surface area contributed by atoms with Gasteiger partial charge in [0.1, 0.15) is 0 Å². The summed E-state index contributed by atoms with van der Waals surface area (Å²) in [5.41, 5.74) is 1.92. The van der Waals surface area contributed by atoms with Gasteiger partial charge < -0.3 is 0 Å². The quantitative estimate of drug-likeness (QED) is 0.442. The molecule has 0 spiro atoms. The van der Waals surface area contributed by atoms with E-state index in [0.717, 1.165) is 11.1 Å². The van der Waals surface area contributed by atoms with Crippen LogP contribution in [0.25, 0.3) is 0 Å². The van der Waals surface area contributed by atoms with Gasteiger partial charge in [0.2, 0.25) is 0 Å². The van der Waals surface area contributed by atoms with Gasteiger partial charge in [0.25, 0.3) is 0 Å². The maximum atomic E-state index is 8.20. The molecule has 0 N–H and O–H groups in total. The Bertz CT molecular complexity index is 179. The van der Waals surface area contributed by atoms with E-state index in [4.69, 9.17) is 5.26 Å². The Morgan fingerprint density at radius 2 is 2.29 bits per heavy atom. The molecule has 0 aromatic carbocycles. The van der Waals surface area contributed by atoms with Gasteiger partial charge in [0.05, 0.1) is 11.6 Å². The summed E-state index contributed by atoms with van der Waals surface area (Å²) in [6.07, 6.45) is 3.74. The fraction of sp³-hybridized carbons (Fsp3) is 0.167. The Labute approximate surface area is 42.6 Å². The van der Waals surface area contributed by atoms with Gasteiger partial charge in [0, 0.05) is 0 Å². The average Bonchev–Trinajstić information content (AvgIpc) is 1.65. The minimum atomic E-state index is 0.819. The molecule has 0 saturated heterocycles. The van der Waals surface area contributed by atoms with E-state index in [-0.39, 0.29) is 0 Å². The first-order valence-electron chi connectivity index (χ1n) is 2.13. The third-order valence-electron chi connectivity index (χ3n) is 1.05. The van der Waals surface area contributed by atoms with Crippen molar-refractivity contribution in [3.8, 4) is 6.07 Å².